The van der Waals surface area contributed by atoms with Crippen LogP contribution in [-0.2, 0) is 0 Å². The number of hydrazone groups is 1. The number of aromatic nitrogens is 5. The van der Waals surface area contributed by atoms with E-state index in [1.54, 1.807) is 30.3 Å². The summed E-state index contributed by atoms with van der Waals surface area (Å²) in [5.41, 5.74) is 9.64. The minimum atomic E-state index is -0.631. The maximum atomic E-state index is 12.9. The number of nitrogen functional groups attached to an aromatic ring is 1. The number of nitrogens with zero attached hydrogens (tertiary/aromatic N) is 6. The number of carbonyl (C=O) groups is 1. The van der Waals surface area contributed by atoms with Crippen molar-refractivity contribution in [1.82, 2.24) is 30.7 Å². The number of fused-ring (bicyclic) bond motifs is 1. The Balaban J connectivity index is 1.51. The zero-order chi connectivity index (χ0) is 22.1. The minimum absolute atomic E-state index is 0.0331. The first kappa shape index (κ1) is 19.0. The fourth-order valence-electron chi connectivity index (χ4n) is 3.00. The normalized spacial score (nSPS) is 12.4. The molecule has 13 heteroatoms. The average molecular weight is 434 g/mol. The molecule has 0 fully saturated rings. The molecule has 0 atom stereocenters. The number of hydrogen-bond donors (Lipinski definition) is 3. The number of rotatable bonds is 5. The van der Waals surface area contributed by atoms with E-state index in [9.17, 15) is 9.90 Å². The monoisotopic (exact) mass is 434 g/mol. The van der Waals surface area contributed by atoms with Crippen molar-refractivity contribution in [3.63, 3.8) is 0 Å². The third-order valence-corrected chi connectivity index (χ3v) is 4.50. The van der Waals surface area contributed by atoms with Gasteiger partial charge < -0.3 is 20.3 Å². The van der Waals surface area contributed by atoms with Crippen LogP contribution in [0.4, 0.5) is 5.82 Å². The number of anilines is 1. The van der Waals surface area contributed by atoms with Crippen molar-refractivity contribution in [2.75, 3.05) is 12.5 Å². The summed E-state index contributed by atoms with van der Waals surface area (Å²) >= 11 is 0. The van der Waals surface area contributed by atoms with Crippen molar-refractivity contribution in [2.45, 2.75) is 0 Å². The molecular weight excluding hydrogens is 420 g/mol. The van der Waals surface area contributed by atoms with Crippen LogP contribution in [0.15, 0.2) is 52.2 Å². The third-order valence-electron chi connectivity index (χ3n) is 4.50. The van der Waals surface area contributed by atoms with Gasteiger partial charge in [0.2, 0.25) is 18.4 Å². The van der Waals surface area contributed by atoms with E-state index in [2.05, 4.69) is 35.8 Å². The fourth-order valence-corrected chi connectivity index (χ4v) is 3.00. The lowest BCUT2D eigenvalue weighted by Gasteiger charge is -2.07. The number of carbonyl (C=O) groups excluding carboxylic acids is 1. The summed E-state index contributed by atoms with van der Waals surface area (Å²) in [7, 11) is 0. The highest BCUT2D eigenvalue weighted by molar-refractivity contribution is 5.99. The highest BCUT2D eigenvalue weighted by Crippen LogP contribution is 2.37. The fraction of sp³-hybridized carbons (Fsp3) is 0.0526. The summed E-state index contributed by atoms with van der Waals surface area (Å²) in [6, 6.07) is 11.4. The van der Waals surface area contributed by atoms with E-state index in [0.717, 1.165) is 0 Å². The topological polar surface area (TPSA) is 176 Å². The molecule has 2 aromatic carbocycles. The van der Waals surface area contributed by atoms with Gasteiger partial charge in [-0.3, -0.25) is 4.79 Å². The number of phenols is 1. The van der Waals surface area contributed by atoms with Crippen LogP contribution >= 0.6 is 0 Å². The Morgan fingerprint density at radius 2 is 1.97 bits per heavy atom. The Labute approximate surface area is 179 Å². The summed E-state index contributed by atoms with van der Waals surface area (Å²) in [6.45, 7) is 0.0930. The molecule has 0 bridgehead atoms. The van der Waals surface area contributed by atoms with Crippen LogP contribution in [0.1, 0.15) is 16.1 Å². The molecule has 0 aliphatic carbocycles. The van der Waals surface area contributed by atoms with Crippen LogP contribution in [0, 0.1) is 0 Å². The first-order valence-corrected chi connectivity index (χ1v) is 9.17. The number of nitrogens with one attached hydrogen (secondary N) is 1. The second-order valence-corrected chi connectivity index (χ2v) is 6.53. The largest absolute Gasteiger partial charge is 0.508 e. The molecule has 0 unspecified atom stereocenters. The van der Waals surface area contributed by atoms with Gasteiger partial charge in [-0.15, -0.1) is 5.10 Å². The Morgan fingerprint density at radius 3 is 2.75 bits per heavy atom. The Bertz CT molecular complexity index is 1330. The molecule has 13 nitrogen and oxygen atoms in total. The van der Waals surface area contributed by atoms with Crippen LogP contribution in [0.3, 0.4) is 0 Å². The van der Waals surface area contributed by atoms with Crippen molar-refractivity contribution in [2.24, 2.45) is 5.10 Å². The Morgan fingerprint density at radius 1 is 1.16 bits per heavy atom. The highest BCUT2D eigenvalue weighted by Gasteiger charge is 2.26. The first-order valence-electron chi connectivity index (χ1n) is 9.17. The van der Waals surface area contributed by atoms with E-state index < -0.39 is 5.91 Å². The van der Waals surface area contributed by atoms with Crippen LogP contribution in [0.25, 0.3) is 17.1 Å². The average Bonchev–Trinajstić information content (AvgIpc) is 3.53. The molecule has 1 amide bonds. The first-order chi connectivity index (χ1) is 15.6. The molecule has 0 radical (unpaired) electrons. The van der Waals surface area contributed by atoms with Crippen molar-refractivity contribution in [3.8, 4) is 34.3 Å². The lowest BCUT2D eigenvalue weighted by molar-refractivity contribution is 0.0950. The van der Waals surface area contributed by atoms with Gasteiger partial charge >= 0.3 is 0 Å². The van der Waals surface area contributed by atoms with Crippen LogP contribution in [0.2, 0.25) is 0 Å². The molecule has 5 rings (SSSR count). The van der Waals surface area contributed by atoms with Gasteiger partial charge in [-0.2, -0.15) is 9.78 Å². The predicted octanol–water partition coefficient (Wildman–Crippen LogP) is 1.10. The van der Waals surface area contributed by atoms with E-state index in [4.69, 9.17) is 15.2 Å². The van der Waals surface area contributed by atoms with Gasteiger partial charge in [0.1, 0.15) is 11.4 Å². The van der Waals surface area contributed by atoms with Crippen molar-refractivity contribution in [1.29, 1.82) is 0 Å². The lowest BCUT2D eigenvalue weighted by Crippen LogP contribution is -2.19. The third kappa shape index (κ3) is 3.43. The van der Waals surface area contributed by atoms with Gasteiger partial charge in [0.15, 0.2) is 17.2 Å². The molecule has 0 saturated carbocycles. The van der Waals surface area contributed by atoms with Gasteiger partial charge in [0.25, 0.3) is 5.91 Å². The van der Waals surface area contributed by atoms with Gasteiger partial charge in [0, 0.05) is 5.56 Å². The van der Waals surface area contributed by atoms with Gasteiger partial charge in [0.05, 0.1) is 6.21 Å². The number of aromatic hydroxyl groups is 1. The molecule has 4 aromatic rings. The Kier molecular flexibility index (Phi) is 4.59. The molecule has 160 valence electrons. The van der Waals surface area contributed by atoms with Gasteiger partial charge in [-0.1, -0.05) is 5.21 Å². The summed E-state index contributed by atoms with van der Waals surface area (Å²) in [5, 5.41) is 28.5. The van der Waals surface area contributed by atoms with E-state index >= 15 is 0 Å². The molecule has 0 saturated heterocycles. The summed E-state index contributed by atoms with van der Waals surface area (Å²) in [6.07, 6.45) is 1.42. The summed E-state index contributed by atoms with van der Waals surface area (Å²) in [5.74, 6) is 0.593. The van der Waals surface area contributed by atoms with Crippen LogP contribution in [0.5, 0.6) is 17.2 Å². The second-order valence-electron chi connectivity index (χ2n) is 6.53. The molecule has 2 aromatic heterocycles. The van der Waals surface area contributed by atoms with Crippen molar-refractivity contribution in [3.05, 3.63) is 53.7 Å². The molecule has 0 spiro atoms. The zero-order valence-electron chi connectivity index (χ0n) is 16.2. The number of ether oxygens (including phenoxy) is 2. The smallest absolute Gasteiger partial charge is 0.294 e. The molecule has 32 heavy (non-hydrogen) atoms. The van der Waals surface area contributed by atoms with Crippen molar-refractivity contribution >= 4 is 17.9 Å². The van der Waals surface area contributed by atoms with E-state index in [1.807, 2.05) is 0 Å². The molecular formula is C19H14N8O5. The van der Waals surface area contributed by atoms with Gasteiger partial charge in [-0.05, 0) is 58.3 Å². The second kappa shape index (κ2) is 7.71. The minimum Gasteiger partial charge on any atom is -0.508 e. The summed E-state index contributed by atoms with van der Waals surface area (Å²) < 4.78 is 16.7. The summed E-state index contributed by atoms with van der Waals surface area (Å²) in [4.78, 5) is 12.9. The molecule has 1 aliphatic heterocycles. The molecule has 4 N–H and O–H groups in total. The van der Waals surface area contributed by atoms with Crippen LogP contribution < -0.4 is 20.6 Å². The number of nitrogens with two attached hydrogens (primary N) is 1. The lowest BCUT2D eigenvalue weighted by atomic mass is 10.1. The number of benzene rings is 2. The van der Waals surface area contributed by atoms with Crippen molar-refractivity contribution < 1.29 is 24.0 Å². The number of amides is 1. The molecule has 3 heterocycles. The van der Waals surface area contributed by atoms with Gasteiger partial charge in [-0.25, -0.2) is 10.1 Å². The van der Waals surface area contributed by atoms with E-state index in [0.29, 0.717) is 22.6 Å². The number of hydrogen-bond acceptors (Lipinski definition) is 11. The maximum Gasteiger partial charge on any atom is 0.294 e. The predicted molar refractivity (Wildman–Crippen MR) is 108 cm³/mol. The quantitative estimate of drug-likeness (QED) is 0.304. The SMILES string of the molecule is Nc1nonc1-n1nnc(C(=O)N/N=C/c2ccc(O)cc2)c1-c1ccc2c(c1)OCO2. The van der Waals surface area contributed by atoms with E-state index in [-0.39, 0.29) is 35.6 Å². The molecule has 1 aliphatic rings. The highest BCUT2D eigenvalue weighted by atomic mass is 16.7. The van der Waals surface area contributed by atoms with E-state index in [1.165, 1.54) is 23.0 Å². The Hall–Kier alpha value is -4.94. The maximum absolute atomic E-state index is 12.9. The number of phenolic OH excluding ortho intramolecular Hbond substituents is 1. The zero-order valence-corrected chi connectivity index (χ0v) is 16.2. The standard InChI is InChI=1S/C19H14N8O5/c20-17-18(25-32-24-17)27-16(11-3-6-13-14(7-11)31-9-30-13)15(22-26-27)19(29)23-21-8-10-1-4-12(28)5-2-10/h1-8,28H,9H2,(H2,20,24)(H,23,29)/b21-8+. The van der Waals surface area contributed by atoms with Crippen LogP contribution in [-0.4, -0.2) is 49.3 Å².